The fourth-order valence-electron chi connectivity index (χ4n) is 7.18. The van der Waals surface area contributed by atoms with Crippen LogP contribution in [0.3, 0.4) is 0 Å². The maximum absolute atomic E-state index is 13.8. The summed E-state index contributed by atoms with van der Waals surface area (Å²) in [6.07, 6.45) is 0.381. The summed E-state index contributed by atoms with van der Waals surface area (Å²) in [6, 6.07) is -12.4. The second-order valence-corrected chi connectivity index (χ2v) is 20.5. The number of carboxylic acid groups (broad SMARTS) is 2. The number of phosphoric acid groups is 1. The van der Waals surface area contributed by atoms with Crippen LogP contribution in [0.25, 0.3) is 0 Å². The number of aliphatic carboxylic acids is 2. The molecule has 436 valence electrons. The Morgan fingerprint density at radius 3 is 1.64 bits per heavy atom. The number of aromatic amines is 1. The zero-order valence-corrected chi connectivity index (χ0v) is 45.1. The van der Waals surface area contributed by atoms with Crippen LogP contribution in [0.4, 0.5) is 0 Å². The fourth-order valence-corrected chi connectivity index (χ4v) is 7.52. The van der Waals surface area contributed by atoms with Gasteiger partial charge in [0.25, 0.3) is 0 Å². The van der Waals surface area contributed by atoms with E-state index in [1.807, 2.05) is 0 Å². The molecule has 9 atom stereocenters. The van der Waals surface area contributed by atoms with E-state index in [2.05, 4.69) is 62.3 Å². The van der Waals surface area contributed by atoms with E-state index in [0.29, 0.717) is 18.5 Å². The molecular weight excluding hydrogens is 1040 g/mol. The second kappa shape index (κ2) is 34.2. The van der Waals surface area contributed by atoms with Crippen LogP contribution in [0.2, 0.25) is 0 Å². The van der Waals surface area contributed by atoms with Crippen molar-refractivity contribution in [2.75, 3.05) is 26.2 Å². The van der Waals surface area contributed by atoms with Gasteiger partial charge in [-0.15, -0.1) is 0 Å². The molecule has 0 spiro atoms. The molecule has 1 rings (SSSR count). The molecular formula is C45H78N13O18P. The molecule has 0 bridgehead atoms. The van der Waals surface area contributed by atoms with Crippen LogP contribution in [0.15, 0.2) is 12.5 Å². The summed E-state index contributed by atoms with van der Waals surface area (Å²) in [5.41, 5.74) is 11.3. The predicted octanol–water partition coefficient (Wildman–Crippen LogP) is -4.78. The number of amides is 9. The highest BCUT2D eigenvalue weighted by molar-refractivity contribution is 7.46. The number of aromatic nitrogens is 2. The standard InChI is InChI=1S/C45H78N13O18P/c1-22(2)14-29(41(67)57-36(24(5)6)43(69)58-37(25(7)59)44(70)54-28(45(71)72)10-8-9-13-46)52-34(61)19-49-38(64)27(11-12-35(62)63)53-42(68)32(20-76-77(73,74)75)56-39(65)30(15-23(3)4)55-40(66)31(51-33(60)17-47)16-26-18-48-21-50-26/h18,21-25,27-32,36-37,59H,8-17,19-20,46-47H2,1-7H3,(H,48,50)(H,49,64)(H,51,60)(H,52,61)(H,53,68)(H,54,70)(H,55,66)(H,56,65)(H,57,67)(H,58,69)(H,62,63)(H,71,72)(H2,73,74,75)/t25-,27+,28+,29+,30+,31+,32+,36+,37+/m1/s1. The molecule has 0 saturated heterocycles. The minimum absolute atomic E-state index is 0.0148. The lowest BCUT2D eigenvalue weighted by atomic mass is 9.99. The summed E-state index contributed by atoms with van der Waals surface area (Å²) in [5.74, 6) is -13.1. The molecule has 0 unspecified atom stereocenters. The number of H-pyrrole nitrogens is 1. The number of hydrogen-bond acceptors (Lipinski definition) is 17. The number of hydrogen-bond donors (Lipinski definition) is 17. The third-order valence-electron chi connectivity index (χ3n) is 11.1. The van der Waals surface area contributed by atoms with Crippen molar-refractivity contribution in [3.8, 4) is 0 Å². The van der Waals surface area contributed by atoms with Gasteiger partial charge in [0.15, 0.2) is 0 Å². The average molecular weight is 1120 g/mol. The molecule has 1 heterocycles. The predicted molar refractivity (Wildman–Crippen MR) is 271 cm³/mol. The van der Waals surface area contributed by atoms with E-state index < -0.39 is 166 Å². The number of imidazole rings is 1. The first-order chi connectivity index (χ1) is 35.9. The summed E-state index contributed by atoms with van der Waals surface area (Å²) in [4.78, 5) is 170. The van der Waals surface area contributed by atoms with E-state index >= 15 is 0 Å². The van der Waals surface area contributed by atoms with E-state index in [1.165, 1.54) is 19.4 Å². The number of carbonyl (C=O) groups is 11. The van der Waals surface area contributed by atoms with Gasteiger partial charge in [0.05, 0.1) is 32.1 Å². The van der Waals surface area contributed by atoms with Crippen molar-refractivity contribution in [2.24, 2.45) is 29.2 Å². The summed E-state index contributed by atoms with van der Waals surface area (Å²) >= 11 is 0. The molecule has 19 N–H and O–H groups in total. The third kappa shape index (κ3) is 27.3. The number of aliphatic hydroxyl groups is 1. The van der Waals surface area contributed by atoms with Crippen molar-refractivity contribution < 1.29 is 86.9 Å². The van der Waals surface area contributed by atoms with Crippen LogP contribution >= 0.6 is 7.82 Å². The Hall–Kier alpha value is -6.63. The van der Waals surface area contributed by atoms with Gasteiger partial charge in [-0.2, -0.15) is 0 Å². The Balaban J connectivity index is 3.33. The Morgan fingerprint density at radius 2 is 1.13 bits per heavy atom. The van der Waals surface area contributed by atoms with Gasteiger partial charge in [-0.3, -0.25) is 52.5 Å². The molecule has 31 nitrogen and oxygen atoms in total. The van der Waals surface area contributed by atoms with Crippen LogP contribution in [0.1, 0.15) is 99.1 Å². The number of aliphatic hydroxyl groups excluding tert-OH is 1. The highest BCUT2D eigenvalue weighted by Gasteiger charge is 2.37. The fraction of sp³-hybridized carbons (Fsp3) is 0.689. The van der Waals surface area contributed by atoms with Gasteiger partial charge in [0.1, 0.15) is 48.3 Å². The molecule has 0 aliphatic rings. The Morgan fingerprint density at radius 1 is 0.623 bits per heavy atom. The summed E-state index contributed by atoms with van der Waals surface area (Å²) in [5, 5.41) is 50.6. The topological polar surface area (TPSA) is 504 Å². The van der Waals surface area contributed by atoms with Crippen LogP contribution < -0.4 is 59.3 Å². The molecule has 0 saturated carbocycles. The minimum Gasteiger partial charge on any atom is -0.481 e. The maximum atomic E-state index is 13.8. The Labute approximate surface area is 444 Å². The van der Waals surface area contributed by atoms with E-state index in [0.717, 1.165) is 0 Å². The van der Waals surface area contributed by atoms with Crippen LogP contribution in [0, 0.1) is 17.8 Å². The highest BCUT2D eigenvalue weighted by atomic mass is 31.2. The van der Waals surface area contributed by atoms with Gasteiger partial charge in [-0.05, 0) is 69.7 Å². The number of rotatable bonds is 37. The highest BCUT2D eigenvalue weighted by Crippen LogP contribution is 2.35. The summed E-state index contributed by atoms with van der Waals surface area (Å²) in [7, 11) is -5.35. The lowest BCUT2D eigenvalue weighted by molar-refractivity contribution is -0.143. The molecule has 1 aromatic heterocycles. The van der Waals surface area contributed by atoms with Gasteiger partial charge in [0, 0.05) is 24.7 Å². The van der Waals surface area contributed by atoms with Crippen molar-refractivity contribution in [3.63, 3.8) is 0 Å². The van der Waals surface area contributed by atoms with E-state index in [1.54, 1.807) is 41.5 Å². The Bertz CT molecular complexity index is 2190. The number of carbonyl (C=O) groups excluding carboxylic acids is 9. The van der Waals surface area contributed by atoms with Gasteiger partial charge in [0.2, 0.25) is 53.2 Å². The van der Waals surface area contributed by atoms with Crippen molar-refractivity contribution in [2.45, 2.75) is 154 Å². The number of nitrogens with one attached hydrogen (secondary N) is 10. The molecule has 32 heteroatoms. The van der Waals surface area contributed by atoms with E-state index in [-0.39, 0.29) is 44.1 Å². The normalized spacial score (nSPS) is 15.0. The van der Waals surface area contributed by atoms with Crippen LogP contribution in [-0.4, -0.2) is 181 Å². The molecule has 9 amide bonds. The van der Waals surface area contributed by atoms with Crippen molar-refractivity contribution in [1.82, 2.24) is 57.8 Å². The zero-order chi connectivity index (χ0) is 58.7. The smallest absolute Gasteiger partial charge is 0.469 e. The molecule has 0 aromatic carbocycles. The lowest BCUT2D eigenvalue weighted by Crippen LogP contribution is -2.61. The molecule has 1 aromatic rings. The van der Waals surface area contributed by atoms with Gasteiger partial charge in [-0.1, -0.05) is 41.5 Å². The van der Waals surface area contributed by atoms with Gasteiger partial charge < -0.3 is 89.4 Å². The first kappa shape index (κ1) is 68.4. The van der Waals surface area contributed by atoms with Crippen molar-refractivity contribution >= 4 is 72.9 Å². The van der Waals surface area contributed by atoms with Crippen LogP contribution in [0.5, 0.6) is 0 Å². The van der Waals surface area contributed by atoms with Crippen LogP contribution in [-0.2, 0) is 68.2 Å². The number of nitrogens with two attached hydrogens (primary N) is 2. The molecule has 77 heavy (non-hydrogen) atoms. The minimum atomic E-state index is -5.35. The number of phosphoric ester groups is 1. The molecule has 0 radical (unpaired) electrons. The number of nitrogens with zero attached hydrogens (tertiary/aromatic N) is 1. The first-order valence-electron chi connectivity index (χ1n) is 24.8. The van der Waals surface area contributed by atoms with E-state index in [9.17, 15) is 82.4 Å². The average Bonchev–Trinajstić information content (AvgIpc) is 3.85. The monoisotopic (exact) mass is 1120 g/mol. The maximum Gasteiger partial charge on any atom is 0.469 e. The summed E-state index contributed by atoms with van der Waals surface area (Å²) in [6.45, 7) is 8.71. The van der Waals surface area contributed by atoms with Gasteiger partial charge >= 0.3 is 19.8 Å². The number of carboxylic acids is 2. The van der Waals surface area contributed by atoms with E-state index in [4.69, 9.17) is 11.5 Å². The molecule has 0 fully saturated rings. The number of unbranched alkanes of at least 4 members (excludes halogenated alkanes) is 1. The lowest BCUT2D eigenvalue weighted by Gasteiger charge is -2.29. The zero-order valence-electron chi connectivity index (χ0n) is 44.2. The van der Waals surface area contributed by atoms with Crippen molar-refractivity contribution in [1.29, 1.82) is 0 Å². The Kier molecular flexibility index (Phi) is 30.4. The van der Waals surface area contributed by atoms with Crippen molar-refractivity contribution in [3.05, 3.63) is 18.2 Å². The first-order valence-corrected chi connectivity index (χ1v) is 26.3. The largest absolute Gasteiger partial charge is 0.481 e. The SMILES string of the molecule is CC(C)C[C@H](NC(=O)CNC(=O)[C@H](CCC(=O)O)NC(=O)[C@H](COP(=O)(O)O)NC(=O)[C@H](CC(C)C)NC(=O)[C@H](Cc1cnc[nH]1)NC(=O)CN)C(=O)N[C@H](C(=O)N[C@H](C(=O)N[C@@H](CCCCN)C(=O)O)[C@@H](C)O)C(C)C. The molecule has 0 aliphatic carbocycles. The second-order valence-electron chi connectivity index (χ2n) is 19.2. The van der Waals surface area contributed by atoms with Gasteiger partial charge in [-0.25, -0.2) is 14.3 Å². The molecule has 0 aliphatic heterocycles. The quantitative estimate of drug-likeness (QED) is 0.0220. The summed E-state index contributed by atoms with van der Waals surface area (Å²) < 4.78 is 16.3. The third-order valence-corrected chi connectivity index (χ3v) is 11.6.